The van der Waals surface area contributed by atoms with Crippen LogP contribution in [-0.2, 0) is 19.0 Å². The molecule has 3 atom stereocenters. The van der Waals surface area contributed by atoms with Crippen molar-refractivity contribution in [1.82, 2.24) is 0 Å². The van der Waals surface area contributed by atoms with Crippen molar-refractivity contribution in [1.29, 1.82) is 0 Å². The van der Waals surface area contributed by atoms with Crippen LogP contribution in [0.25, 0.3) is 0 Å². The Morgan fingerprint density at radius 2 is 1.94 bits per heavy atom. The summed E-state index contributed by atoms with van der Waals surface area (Å²) in [4.78, 5) is 11.4. The lowest BCUT2D eigenvalue weighted by molar-refractivity contribution is -0.260. The van der Waals surface area contributed by atoms with Crippen molar-refractivity contribution in [2.24, 2.45) is 0 Å². The summed E-state index contributed by atoms with van der Waals surface area (Å²) in [7, 11) is 0. The predicted molar refractivity (Wildman–Crippen MR) is 63.7 cm³/mol. The van der Waals surface area contributed by atoms with Gasteiger partial charge in [0.05, 0.1) is 6.61 Å². The number of fused-ring (bicyclic) bond motifs is 1. The van der Waals surface area contributed by atoms with E-state index in [-0.39, 0.29) is 24.5 Å². The van der Waals surface area contributed by atoms with Crippen molar-refractivity contribution in [3.8, 4) is 0 Å². The van der Waals surface area contributed by atoms with Gasteiger partial charge in [-0.2, -0.15) is 0 Å². The summed E-state index contributed by atoms with van der Waals surface area (Å²) >= 11 is 0. The van der Waals surface area contributed by atoms with E-state index in [4.69, 9.17) is 14.2 Å². The topological polar surface area (TPSA) is 44.8 Å². The first-order valence-electron chi connectivity index (χ1n) is 6.34. The highest BCUT2D eigenvalue weighted by Gasteiger charge is 2.36. The highest BCUT2D eigenvalue weighted by molar-refractivity contribution is 5.69. The molecule has 0 aliphatic carbocycles. The monoisotopic (exact) mass is 248 g/mol. The van der Waals surface area contributed by atoms with E-state index in [1.807, 2.05) is 30.3 Å². The minimum atomic E-state index is -0.343. The standard InChI is InChI=1S/C14H16O4/c15-13-8-4-7-11-12(17-13)9-16-14(18-11)10-5-2-1-3-6-10/h1-3,5-6,11-12,14H,4,7-9H2/t11-,12+,14+/m1/s1. The molecule has 4 nitrogen and oxygen atoms in total. The van der Waals surface area contributed by atoms with Crippen LogP contribution in [0.4, 0.5) is 0 Å². The van der Waals surface area contributed by atoms with Crippen molar-refractivity contribution in [2.45, 2.75) is 37.8 Å². The summed E-state index contributed by atoms with van der Waals surface area (Å²) in [5, 5.41) is 0. The molecular weight excluding hydrogens is 232 g/mol. The summed E-state index contributed by atoms with van der Waals surface area (Å²) in [6, 6.07) is 9.84. The van der Waals surface area contributed by atoms with E-state index < -0.39 is 0 Å². The second-order valence-electron chi connectivity index (χ2n) is 4.67. The van der Waals surface area contributed by atoms with Gasteiger partial charge >= 0.3 is 5.97 Å². The van der Waals surface area contributed by atoms with E-state index in [2.05, 4.69) is 0 Å². The van der Waals surface area contributed by atoms with Crippen molar-refractivity contribution in [3.05, 3.63) is 35.9 Å². The average Bonchev–Trinajstić information content (AvgIpc) is 2.59. The zero-order valence-corrected chi connectivity index (χ0v) is 10.1. The number of carbonyl (C=O) groups is 1. The third kappa shape index (κ3) is 2.40. The molecule has 0 radical (unpaired) electrons. The first-order chi connectivity index (χ1) is 8.83. The van der Waals surface area contributed by atoms with Gasteiger partial charge < -0.3 is 14.2 Å². The molecule has 2 aliphatic rings. The van der Waals surface area contributed by atoms with Gasteiger partial charge in [0, 0.05) is 12.0 Å². The predicted octanol–water partition coefficient (Wildman–Crippen LogP) is 2.20. The van der Waals surface area contributed by atoms with Crippen LogP contribution < -0.4 is 0 Å². The second kappa shape index (κ2) is 5.08. The number of esters is 1. The van der Waals surface area contributed by atoms with Crippen molar-refractivity contribution >= 4 is 5.97 Å². The molecule has 2 heterocycles. The van der Waals surface area contributed by atoms with E-state index in [1.165, 1.54) is 0 Å². The van der Waals surface area contributed by atoms with Gasteiger partial charge in [0.25, 0.3) is 0 Å². The normalized spacial score (nSPS) is 32.2. The molecule has 0 amide bonds. The molecule has 1 aromatic rings. The van der Waals surface area contributed by atoms with Crippen molar-refractivity contribution < 1.29 is 19.0 Å². The third-order valence-corrected chi connectivity index (χ3v) is 3.35. The van der Waals surface area contributed by atoms with Crippen LogP contribution in [0.3, 0.4) is 0 Å². The van der Waals surface area contributed by atoms with E-state index in [1.54, 1.807) is 0 Å². The Kier molecular flexibility index (Phi) is 3.30. The molecule has 0 bridgehead atoms. The third-order valence-electron chi connectivity index (χ3n) is 3.35. The van der Waals surface area contributed by atoms with E-state index in [0.29, 0.717) is 13.0 Å². The Morgan fingerprint density at radius 1 is 1.11 bits per heavy atom. The highest BCUT2D eigenvalue weighted by Crippen LogP contribution is 2.31. The van der Waals surface area contributed by atoms with Crippen LogP contribution in [0, 0.1) is 0 Å². The van der Waals surface area contributed by atoms with Crippen LogP contribution in [0.2, 0.25) is 0 Å². The molecule has 18 heavy (non-hydrogen) atoms. The number of carbonyl (C=O) groups excluding carboxylic acids is 1. The Hall–Kier alpha value is -1.39. The maximum Gasteiger partial charge on any atom is 0.306 e. The molecule has 4 heteroatoms. The minimum absolute atomic E-state index is 0.0459. The molecule has 1 aromatic carbocycles. The fourth-order valence-electron chi connectivity index (χ4n) is 2.40. The van der Waals surface area contributed by atoms with Gasteiger partial charge in [-0.15, -0.1) is 0 Å². The van der Waals surface area contributed by atoms with Crippen LogP contribution in [0.15, 0.2) is 30.3 Å². The van der Waals surface area contributed by atoms with Gasteiger partial charge in [0.1, 0.15) is 6.10 Å². The summed E-state index contributed by atoms with van der Waals surface area (Å²) in [5.41, 5.74) is 1.01. The van der Waals surface area contributed by atoms with Crippen LogP contribution in [0.1, 0.15) is 31.1 Å². The average molecular weight is 248 g/mol. The van der Waals surface area contributed by atoms with Gasteiger partial charge in [0.2, 0.25) is 0 Å². The second-order valence-corrected chi connectivity index (χ2v) is 4.67. The number of rotatable bonds is 1. The highest BCUT2D eigenvalue weighted by atomic mass is 16.7. The Morgan fingerprint density at radius 3 is 2.78 bits per heavy atom. The van der Waals surface area contributed by atoms with Crippen LogP contribution in [0.5, 0.6) is 0 Å². The summed E-state index contributed by atoms with van der Waals surface area (Å²) in [5.74, 6) is -0.145. The fraction of sp³-hybridized carbons (Fsp3) is 0.500. The first-order valence-corrected chi connectivity index (χ1v) is 6.34. The largest absolute Gasteiger partial charge is 0.457 e. The molecule has 2 fully saturated rings. The Bertz CT molecular complexity index is 417. The lowest BCUT2D eigenvalue weighted by atomic mass is 10.1. The van der Waals surface area contributed by atoms with E-state index >= 15 is 0 Å². The Labute approximate surface area is 106 Å². The molecule has 0 aromatic heterocycles. The molecule has 96 valence electrons. The molecule has 0 N–H and O–H groups in total. The molecule has 0 spiro atoms. The van der Waals surface area contributed by atoms with Gasteiger partial charge in [0.15, 0.2) is 12.4 Å². The molecule has 0 unspecified atom stereocenters. The first kappa shape index (κ1) is 11.7. The number of benzene rings is 1. The molecule has 2 saturated heterocycles. The van der Waals surface area contributed by atoms with E-state index in [0.717, 1.165) is 18.4 Å². The van der Waals surface area contributed by atoms with Crippen LogP contribution >= 0.6 is 0 Å². The summed E-state index contributed by atoms with van der Waals surface area (Å²) in [6.45, 7) is 0.413. The molecular formula is C14H16O4. The number of hydrogen-bond donors (Lipinski definition) is 0. The number of hydrogen-bond acceptors (Lipinski definition) is 4. The van der Waals surface area contributed by atoms with Gasteiger partial charge in [-0.05, 0) is 12.8 Å². The smallest absolute Gasteiger partial charge is 0.306 e. The minimum Gasteiger partial charge on any atom is -0.457 e. The zero-order valence-electron chi connectivity index (χ0n) is 10.1. The fourth-order valence-corrected chi connectivity index (χ4v) is 2.40. The SMILES string of the molecule is O=C1CCC[C@H]2O[C@@H](c3ccccc3)OC[C@@H]2O1. The lowest BCUT2D eigenvalue weighted by Gasteiger charge is -2.34. The zero-order chi connectivity index (χ0) is 12.4. The quantitative estimate of drug-likeness (QED) is 0.715. The van der Waals surface area contributed by atoms with Gasteiger partial charge in [-0.3, -0.25) is 4.79 Å². The Balaban J connectivity index is 1.71. The van der Waals surface area contributed by atoms with Crippen LogP contribution in [-0.4, -0.2) is 24.8 Å². The van der Waals surface area contributed by atoms with Crippen molar-refractivity contribution in [3.63, 3.8) is 0 Å². The van der Waals surface area contributed by atoms with Gasteiger partial charge in [-0.1, -0.05) is 30.3 Å². The lowest BCUT2D eigenvalue weighted by Crippen LogP contribution is -2.41. The van der Waals surface area contributed by atoms with Gasteiger partial charge in [-0.25, -0.2) is 0 Å². The maximum atomic E-state index is 11.4. The van der Waals surface area contributed by atoms with Crippen molar-refractivity contribution in [2.75, 3.05) is 6.61 Å². The maximum absolute atomic E-state index is 11.4. The number of ether oxygens (including phenoxy) is 3. The summed E-state index contributed by atoms with van der Waals surface area (Å²) in [6.07, 6.45) is 1.51. The van der Waals surface area contributed by atoms with E-state index in [9.17, 15) is 4.79 Å². The molecule has 2 aliphatic heterocycles. The molecule has 0 saturated carbocycles. The molecule has 3 rings (SSSR count). The summed E-state index contributed by atoms with van der Waals surface area (Å²) < 4.78 is 16.9.